The molecule has 0 atom stereocenters. The van der Waals surface area contributed by atoms with Crippen molar-refractivity contribution in [1.82, 2.24) is 0 Å². The summed E-state index contributed by atoms with van der Waals surface area (Å²) in [4.78, 5) is 0. The van der Waals surface area contributed by atoms with Crippen molar-refractivity contribution < 1.29 is 53.0 Å². The van der Waals surface area contributed by atoms with Crippen molar-refractivity contribution in [1.29, 1.82) is 0 Å². The van der Waals surface area contributed by atoms with E-state index in [-0.39, 0.29) is 29.8 Å². The summed E-state index contributed by atoms with van der Waals surface area (Å²) in [5, 5.41) is 0. The smallest absolute Gasteiger partial charge is 0.429 e. The Morgan fingerprint density at radius 1 is 0.564 bits per heavy atom. The zero-order valence-electron chi connectivity index (χ0n) is 19.3. The summed E-state index contributed by atoms with van der Waals surface area (Å²) in [7, 11) is 0. The van der Waals surface area contributed by atoms with E-state index >= 15 is 0 Å². The number of rotatable bonds is 5. The third kappa shape index (κ3) is 5.55. The first-order valence-electron chi connectivity index (χ1n) is 10.8. The molecular weight excluding hydrogens is 549 g/mol. The van der Waals surface area contributed by atoms with Crippen molar-refractivity contribution in [3.05, 3.63) is 112 Å². The largest absolute Gasteiger partial charge is 0.432 e. The van der Waals surface area contributed by atoms with E-state index in [1.165, 1.54) is 12.1 Å². The van der Waals surface area contributed by atoms with Crippen LogP contribution in [0.5, 0.6) is 5.75 Å². The molecule has 4 aromatic carbocycles. The molecule has 0 saturated heterocycles. The van der Waals surface area contributed by atoms with E-state index in [0.717, 1.165) is 6.07 Å². The van der Waals surface area contributed by atoms with Gasteiger partial charge in [-0.2, -0.15) is 22.0 Å². The van der Waals surface area contributed by atoms with Gasteiger partial charge >= 0.3 is 12.3 Å². The first-order valence-corrected chi connectivity index (χ1v) is 10.8. The van der Waals surface area contributed by atoms with E-state index in [1.54, 1.807) is 6.92 Å². The molecule has 0 amide bonds. The Balaban J connectivity index is 1.67. The van der Waals surface area contributed by atoms with Crippen LogP contribution in [0.3, 0.4) is 0 Å². The zero-order valence-corrected chi connectivity index (χ0v) is 19.3. The van der Waals surface area contributed by atoms with Crippen molar-refractivity contribution in [3.63, 3.8) is 0 Å². The van der Waals surface area contributed by atoms with Crippen molar-refractivity contribution in [2.75, 3.05) is 0 Å². The number of ether oxygens (including phenoxy) is 1. The maximum absolute atomic E-state index is 14.7. The lowest BCUT2D eigenvalue weighted by molar-refractivity contribution is -0.189. The Bertz CT molecular complexity index is 1530. The lowest BCUT2D eigenvalue weighted by Gasteiger charge is -2.20. The van der Waals surface area contributed by atoms with Gasteiger partial charge in [0, 0.05) is 17.7 Å². The van der Waals surface area contributed by atoms with Crippen LogP contribution in [0, 0.1) is 41.8 Å². The Labute approximate surface area is 213 Å². The zero-order chi connectivity index (χ0) is 28.9. The highest BCUT2D eigenvalue weighted by molar-refractivity contribution is 5.67. The summed E-state index contributed by atoms with van der Waals surface area (Å²) in [6.07, 6.45) is -9.92. The molecule has 0 heterocycles. The molecule has 0 aliphatic heterocycles. The predicted octanol–water partition coefficient (Wildman–Crippen LogP) is 9.31. The summed E-state index contributed by atoms with van der Waals surface area (Å²) in [5.41, 5.74) is -5.60. The predicted molar refractivity (Wildman–Crippen MR) is 118 cm³/mol. The van der Waals surface area contributed by atoms with Crippen LogP contribution in [-0.2, 0) is 12.3 Å². The maximum Gasteiger partial charge on any atom is 0.432 e. The fourth-order valence-electron chi connectivity index (χ4n) is 3.85. The van der Waals surface area contributed by atoms with Crippen LogP contribution in [-0.4, -0.2) is 0 Å². The molecule has 4 aromatic rings. The van der Waals surface area contributed by atoms with Gasteiger partial charge in [-0.3, -0.25) is 0 Å². The molecule has 0 aromatic heterocycles. The molecule has 12 heteroatoms. The summed E-state index contributed by atoms with van der Waals surface area (Å²) in [5.74, 6) is -11.0. The number of hydrogen-bond acceptors (Lipinski definition) is 1. The minimum absolute atomic E-state index is 0.174. The van der Waals surface area contributed by atoms with Crippen LogP contribution in [0.15, 0.2) is 60.7 Å². The Kier molecular flexibility index (Phi) is 7.09. The van der Waals surface area contributed by atoms with E-state index in [9.17, 15) is 48.3 Å². The highest BCUT2D eigenvalue weighted by Crippen LogP contribution is 2.40. The number of halogens is 11. The van der Waals surface area contributed by atoms with Crippen LogP contribution in [0.2, 0.25) is 0 Å². The van der Waals surface area contributed by atoms with Crippen LogP contribution < -0.4 is 4.74 Å². The monoisotopic (exact) mass is 562 g/mol. The number of hydrogen-bond donors (Lipinski definition) is 0. The van der Waals surface area contributed by atoms with Gasteiger partial charge in [0.25, 0.3) is 0 Å². The number of aryl methyl sites for hydroxylation is 1. The minimum Gasteiger partial charge on any atom is -0.429 e. The van der Waals surface area contributed by atoms with Crippen molar-refractivity contribution >= 4 is 0 Å². The van der Waals surface area contributed by atoms with E-state index in [2.05, 4.69) is 4.74 Å². The first-order chi connectivity index (χ1) is 18.1. The summed E-state index contributed by atoms with van der Waals surface area (Å²) >= 11 is 0. The fraction of sp³-hybridized carbons (Fsp3) is 0.111. The van der Waals surface area contributed by atoms with Crippen molar-refractivity contribution in [3.8, 4) is 28.0 Å². The van der Waals surface area contributed by atoms with E-state index in [4.69, 9.17) is 0 Å². The van der Waals surface area contributed by atoms with Gasteiger partial charge in [-0.05, 0) is 53.9 Å². The molecular formula is C27H13F11O. The lowest BCUT2D eigenvalue weighted by Crippen LogP contribution is -2.25. The van der Waals surface area contributed by atoms with Gasteiger partial charge in [0.05, 0.1) is 11.1 Å². The van der Waals surface area contributed by atoms with Crippen molar-refractivity contribution in [2.45, 2.75) is 19.2 Å². The normalized spacial score (nSPS) is 12.1. The summed E-state index contributed by atoms with van der Waals surface area (Å²) in [6, 6.07) is 5.85. The molecule has 0 radical (unpaired) electrons. The SMILES string of the molecule is Cc1ccc(-c2cc(F)c(C(F)(F)Oc3cc(F)c(-c4ccc(C(F)(F)F)c(F)c4)c(F)c3)c(F)c2)c(F)c1. The van der Waals surface area contributed by atoms with Crippen LogP contribution in [0.25, 0.3) is 22.3 Å². The maximum atomic E-state index is 14.7. The summed E-state index contributed by atoms with van der Waals surface area (Å²) < 4.78 is 158. The van der Waals surface area contributed by atoms with Crippen LogP contribution in [0.1, 0.15) is 16.7 Å². The second-order valence-corrected chi connectivity index (χ2v) is 8.37. The molecule has 0 N–H and O–H groups in total. The molecule has 204 valence electrons. The molecule has 0 aliphatic rings. The van der Waals surface area contributed by atoms with Gasteiger partial charge < -0.3 is 4.74 Å². The van der Waals surface area contributed by atoms with Crippen LogP contribution in [0.4, 0.5) is 48.3 Å². The highest BCUT2D eigenvalue weighted by Gasteiger charge is 2.42. The van der Waals surface area contributed by atoms with Gasteiger partial charge in [0.2, 0.25) is 0 Å². The van der Waals surface area contributed by atoms with E-state index in [1.807, 2.05) is 0 Å². The molecule has 4 rings (SSSR count). The molecule has 1 nitrogen and oxygen atoms in total. The molecule has 0 spiro atoms. The third-order valence-corrected chi connectivity index (χ3v) is 5.59. The Morgan fingerprint density at radius 3 is 1.64 bits per heavy atom. The molecule has 0 unspecified atom stereocenters. The fourth-order valence-corrected chi connectivity index (χ4v) is 3.85. The Morgan fingerprint density at radius 2 is 1.13 bits per heavy atom. The molecule has 0 bridgehead atoms. The van der Waals surface area contributed by atoms with Gasteiger partial charge in [-0.1, -0.05) is 18.2 Å². The van der Waals surface area contributed by atoms with Gasteiger partial charge in [0.1, 0.15) is 46.2 Å². The number of alkyl halides is 5. The second-order valence-electron chi connectivity index (χ2n) is 8.37. The van der Waals surface area contributed by atoms with Crippen LogP contribution >= 0.6 is 0 Å². The first kappa shape index (κ1) is 27.9. The molecule has 39 heavy (non-hydrogen) atoms. The minimum atomic E-state index is -5.08. The van der Waals surface area contributed by atoms with E-state index < -0.39 is 80.8 Å². The molecule has 0 saturated carbocycles. The van der Waals surface area contributed by atoms with Gasteiger partial charge in [-0.25, -0.2) is 26.3 Å². The lowest BCUT2D eigenvalue weighted by atomic mass is 10.0. The summed E-state index contributed by atoms with van der Waals surface area (Å²) in [6.45, 7) is 1.55. The Hall–Kier alpha value is -4.09. The molecule has 0 aliphatic carbocycles. The average Bonchev–Trinajstić information content (AvgIpc) is 2.76. The van der Waals surface area contributed by atoms with Gasteiger partial charge in [-0.15, -0.1) is 0 Å². The highest BCUT2D eigenvalue weighted by atomic mass is 19.4. The van der Waals surface area contributed by atoms with Crippen molar-refractivity contribution in [2.24, 2.45) is 0 Å². The average molecular weight is 562 g/mol. The standard InChI is InChI=1S/C27H13F11O/c1-12-2-4-16(18(28)6-12)14-8-22(32)25(23(33)9-14)27(37,38)39-15-10-20(30)24(21(31)11-15)13-3-5-17(19(29)7-13)26(34,35)36/h2-11H,1H3. The number of benzene rings is 4. The van der Waals surface area contributed by atoms with Gasteiger partial charge in [0.15, 0.2) is 0 Å². The topological polar surface area (TPSA) is 9.23 Å². The van der Waals surface area contributed by atoms with E-state index in [0.29, 0.717) is 23.8 Å². The third-order valence-electron chi connectivity index (χ3n) is 5.59. The quantitative estimate of drug-likeness (QED) is 0.220. The molecule has 0 fully saturated rings. The second kappa shape index (κ2) is 9.90.